The van der Waals surface area contributed by atoms with Gasteiger partial charge in [0.2, 0.25) is 0 Å². The molecule has 29 nitrogen and oxygen atoms in total. The lowest BCUT2D eigenvalue weighted by Gasteiger charge is -2.72. The predicted molar refractivity (Wildman–Crippen MR) is 305 cm³/mol. The summed E-state index contributed by atoms with van der Waals surface area (Å²) in [6, 6.07) is 0. The van der Waals surface area contributed by atoms with E-state index in [1.54, 1.807) is 19.9 Å². The quantitative estimate of drug-likeness (QED) is 0.0240. The third kappa shape index (κ3) is 12.2. The molecule has 4 heterocycles. The highest BCUT2D eigenvalue weighted by atomic mass is 16.8. The van der Waals surface area contributed by atoms with Crippen molar-refractivity contribution in [2.45, 2.75) is 255 Å². The molecule has 14 N–H and O–H groups in total. The molecule has 4 saturated heterocycles. The second-order valence-corrected chi connectivity index (χ2v) is 28.5. The SMILES string of the molecule is C/C=C(/C)C(=O)O[C@H]1[C@H](OC(C)=O)[C@]2(CO)[C@H](OC(C)=O)C[C@]3(C)C(=CC[C@@H]4[C@@]5(C)CC[C@H](O[C@@H]6O[C@H](C(=O)O)[C@@H](O)[C@H](O[C@@H]7OC[C@H](O)[C@H](O)[C@H]7OC7OC(CO)C(O)C(O)C7O)[C@H]6O[C@@H]6O[C@H](CO)[C@H](O)[C@H](O)[C@H]6O)[C@@](C)(CO)[C@@H]5CC[C@]43C)[C@@H]2CC1(C)C. The van der Waals surface area contributed by atoms with Crippen LogP contribution < -0.4 is 0 Å². The van der Waals surface area contributed by atoms with Crippen LogP contribution in [-0.2, 0) is 71.3 Å². The first kappa shape index (κ1) is 71.8. The molecule has 0 aromatic heterocycles. The van der Waals surface area contributed by atoms with Crippen LogP contribution in [0.2, 0.25) is 0 Å². The number of carboxylic acid groups (broad SMARTS) is 1. The van der Waals surface area contributed by atoms with Gasteiger partial charge in [0.1, 0.15) is 97.7 Å². The standard InChI is InChI=1S/C62H96O29/c1-11-25(2)52(80)91-49-50(83-27(4)68)62(24-66)29(18-57(49,5)6)28-12-13-34-58(7)16-15-35(59(8,23-65)33(58)14-17-60(34,9)61(28,10)19-36(62)82-26(3)67)86-56-48(90-54-43(76)41(74)39(72)32(21-64)85-54)45(44(77)46(88-56)51(78)79)87-55-47(37(70)30(69)22-81-55)89-53-42(75)40(73)38(71)31(20-63)84-53/h11-12,29-50,53-56,63-66,69-77H,13-24H2,1-10H3,(H,78,79)/b25-11-/t29-,30-,31?,32+,33+,34+,35-,36+,37-,38?,39-,40?,41-,42?,43+,44-,45-,46-,47+,48+,49-,50-,53?,54-,55-,56+,58-,59-,60+,61+,62-/m0/s1. The van der Waals surface area contributed by atoms with Crippen molar-refractivity contribution in [2.24, 2.45) is 50.2 Å². The molecule has 0 amide bonds. The lowest BCUT2D eigenvalue weighted by Crippen LogP contribution is -2.73. The zero-order chi connectivity index (χ0) is 67.2. The Balaban J connectivity index is 1.07. The second-order valence-electron chi connectivity index (χ2n) is 28.5. The van der Waals surface area contributed by atoms with Crippen molar-refractivity contribution in [1.82, 2.24) is 0 Å². The summed E-state index contributed by atoms with van der Waals surface area (Å²) in [6.07, 6.45) is -35.6. The normalized spacial score (nSPS) is 49.7. The molecule has 0 aromatic rings. The molecule has 4 aliphatic heterocycles. The van der Waals surface area contributed by atoms with Gasteiger partial charge in [-0.3, -0.25) is 9.59 Å². The summed E-state index contributed by atoms with van der Waals surface area (Å²) >= 11 is 0. The van der Waals surface area contributed by atoms with E-state index in [1.165, 1.54) is 13.8 Å². The summed E-state index contributed by atoms with van der Waals surface area (Å²) in [4.78, 5) is 53.5. The van der Waals surface area contributed by atoms with Crippen molar-refractivity contribution in [3.63, 3.8) is 0 Å². The van der Waals surface area contributed by atoms with Gasteiger partial charge in [-0.25, -0.2) is 9.59 Å². The van der Waals surface area contributed by atoms with Crippen LogP contribution in [0.25, 0.3) is 0 Å². The summed E-state index contributed by atoms with van der Waals surface area (Å²) in [5.74, 6) is -4.88. The number of aliphatic carboxylic acids is 1. The Morgan fingerprint density at radius 3 is 1.71 bits per heavy atom. The van der Waals surface area contributed by atoms with E-state index in [9.17, 15) is 90.7 Å². The van der Waals surface area contributed by atoms with E-state index in [-0.39, 0.29) is 18.8 Å². The molecule has 31 atom stereocenters. The molecule has 5 aliphatic carbocycles. The summed E-state index contributed by atoms with van der Waals surface area (Å²) in [7, 11) is 0. The van der Waals surface area contributed by atoms with E-state index < -0.39 is 242 Å². The molecule has 0 radical (unpaired) electrons. The van der Waals surface area contributed by atoms with Gasteiger partial charge in [0.15, 0.2) is 37.4 Å². The van der Waals surface area contributed by atoms with E-state index in [0.29, 0.717) is 37.7 Å². The Hall–Kier alpha value is -3.48. The summed E-state index contributed by atoms with van der Waals surface area (Å²) in [6.45, 7) is 14.3. The number of carbonyl (C=O) groups excluding carboxylic acids is 3. The van der Waals surface area contributed by atoms with E-state index in [4.69, 9.17) is 52.1 Å². The first-order valence-corrected chi connectivity index (χ1v) is 31.5. The Bertz CT molecular complexity index is 2690. The molecule has 9 rings (SSSR count). The van der Waals surface area contributed by atoms with Gasteiger partial charge in [-0.05, 0) is 92.8 Å². The fraction of sp³-hybridized carbons (Fsp3) is 0.871. The molecule has 0 aromatic carbocycles. The van der Waals surface area contributed by atoms with Crippen LogP contribution in [0.4, 0.5) is 0 Å². The molecule has 91 heavy (non-hydrogen) atoms. The van der Waals surface area contributed by atoms with Crippen molar-refractivity contribution in [1.29, 1.82) is 0 Å². The number of allylic oxidation sites excluding steroid dienone is 3. The Morgan fingerprint density at radius 2 is 1.18 bits per heavy atom. The molecular formula is C62H96O29. The minimum atomic E-state index is -2.31. The van der Waals surface area contributed by atoms with E-state index >= 15 is 0 Å². The van der Waals surface area contributed by atoms with Gasteiger partial charge in [0.05, 0.1) is 44.6 Å². The fourth-order valence-corrected chi connectivity index (χ4v) is 17.7. The molecular weight excluding hydrogens is 1210 g/mol. The van der Waals surface area contributed by atoms with E-state index in [1.807, 2.05) is 20.8 Å². The average molecular weight is 1310 g/mol. The maximum atomic E-state index is 13.6. The lowest BCUT2D eigenvalue weighted by atomic mass is 9.33. The number of aliphatic hydroxyl groups excluding tert-OH is 13. The van der Waals surface area contributed by atoms with Crippen molar-refractivity contribution in [3.05, 3.63) is 23.3 Å². The largest absolute Gasteiger partial charge is 0.479 e. The number of fused-ring (bicyclic) bond motifs is 7. The van der Waals surface area contributed by atoms with Crippen molar-refractivity contribution >= 4 is 23.9 Å². The molecule has 0 spiro atoms. The van der Waals surface area contributed by atoms with Crippen LogP contribution in [0.15, 0.2) is 23.3 Å². The maximum Gasteiger partial charge on any atom is 0.335 e. The highest BCUT2D eigenvalue weighted by molar-refractivity contribution is 5.87. The fourth-order valence-electron chi connectivity index (χ4n) is 17.7. The van der Waals surface area contributed by atoms with Crippen LogP contribution in [-0.4, -0.2) is 270 Å². The van der Waals surface area contributed by atoms with Crippen LogP contribution in [0.5, 0.6) is 0 Å². The number of carboxylic acids is 1. The number of carbonyl (C=O) groups is 4. The average Bonchev–Trinajstić information content (AvgIpc) is 0.669. The van der Waals surface area contributed by atoms with E-state index in [2.05, 4.69) is 26.8 Å². The molecule has 8 fully saturated rings. The van der Waals surface area contributed by atoms with Crippen LogP contribution in [0.3, 0.4) is 0 Å². The summed E-state index contributed by atoms with van der Waals surface area (Å²) in [5.41, 5.74) is -4.33. The number of rotatable bonds is 17. The van der Waals surface area contributed by atoms with Gasteiger partial charge < -0.3 is 124 Å². The minimum absolute atomic E-state index is 0.143. The van der Waals surface area contributed by atoms with Crippen molar-refractivity contribution in [3.8, 4) is 0 Å². The van der Waals surface area contributed by atoms with Gasteiger partial charge in [0, 0.05) is 30.3 Å². The second kappa shape index (κ2) is 26.8. The Labute approximate surface area is 527 Å². The maximum absolute atomic E-state index is 13.6. The molecule has 518 valence electrons. The summed E-state index contributed by atoms with van der Waals surface area (Å²) in [5, 5.41) is 154. The number of ether oxygens (including phenoxy) is 11. The highest BCUT2D eigenvalue weighted by Gasteiger charge is 2.75. The zero-order valence-corrected chi connectivity index (χ0v) is 53.0. The van der Waals surface area contributed by atoms with Gasteiger partial charge in [0.25, 0.3) is 0 Å². The van der Waals surface area contributed by atoms with Gasteiger partial charge >= 0.3 is 23.9 Å². The van der Waals surface area contributed by atoms with Crippen LogP contribution in [0.1, 0.15) is 114 Å². The van der Waals surface area contributed by atoms with E-state index in [0.717, 1.165) is 5.57 Å². The highest BCUT2D eigenvalue weighted by Crippen LogP contribution is 2.76. The predicted octanol–water partition coefficient (Wildman–Crippen LogP) is -2.29. The molecule has 5 unspecified atom stereocenters. The van der Waals surface area contributed by atoms with Crippen LogP contribution in [0, 0.1) is 50.2 Å². The first-order valence-electron chi connectivity index (χ1n) is 31.5. The molecule has 4 saturated carbocycles. The minimum Gasteiger partial charge on any atom is -0.479 e. The lowest BCUT2D eigenvalue weighted by molar-refractivity contribution is -0.401. The topological polar surface area (TPSA) is 453 Å². The van der Waals surface area contributed by atoms with Gasteiger partial charge in [-0.2, -0.15) is 0 Å². The third-order valence-electron chi connectivity index (χ3n) is 23.1. The third-order valence-corrected chi connectivity index (χ3v) is 23.1. The first-order chi connectivity index (χ1) is 42.6. The molecule has 29 heteroatoms. The van der Waals surface area contributed by atoms with Crippen molar-refractivity contribution < 1.29 is 143 Å². The van der Waals surface area contributed by atoms with Crippen LogP contribution >= 0.6 is 0 Å². The number of esters is 3. The number of hydrogen-bond acceptors (Lipinski definition) is 28. The number of hydrogen-bond donors (Lipinski definition) is 14. The Morgan fingerprint density at radius 1 is 0.593 bits per heavy atom. The Kier molecular flexibility index (Phi) is 21.2. The van der Waals surface area contributed by atoms with Gasteiger partial charge in [-0.1, -0.05) is 59.3 Å². The van der Waals surface area contributed by atoms with Gasteiger partial charge in [-0.15, -0.1) is 0 Å². The zero-order valence-electron chi connectivity index (χ0n) is 53.0. The van der Waals surface area contributed by atoms with Crippen molar-refractivity contribution in [2.75, 3.05) is 33.0 Å². The monoisotopic (exact) mass is 1300 g/mol. The molecule has 0 bridgehead atoms. The number of aliphatic hydroxyl groups is 13. The molecule has 9 aliphatic rings. The summed E-state index contributed by atoms with van der Waals surface area (Å²) < 4.78 is 67.5. The smallest absolute Gasteiger partial charge is 0.335 e.